The topological polar surface area (TPSA) is 58.9 Å². The molecule has 0 aromatic heterocycles. The van der Waals surface area contributed by atoms with Gasteiger partial charge in [-0.05, 0) is 12.1 Å². The molecule has 74 valence electrons. The molecule has 0 unspecified atom stereocenters. The quantitative estimate of drug-likeness (QED) is 0.388. The molecule has 0 aliphatic carbocycles. The van der Waals surface area contributed by atoms with Crippen LogP contribution >= 0.6 is 15.9 Å². The van der Waals surface area contributed by atoms with Gasteiger partial charge in [0.25, 0.3) is 0 Å². The second-order valence-electron chi connectivity index (χ2n) is 2.39. The Morgan fingerprint density at radius 1 is 1.57 bits per heavy atom. The summed E-state index contributed by atoms with van der Waals surface area (Å²) < 4.78 is 0. The predicted octanol–water partition coefficient (Wildman–Crippen LogP) is 1.66. The summed E-state index contributed by atoms with van der Waals surface area (Å²) in [5.74, 6) is -0.400. The minimum absolute atomic E-state index is 0.0884. The molecule has 0 atom stereocenters. The number of phenolic OH excluding ortho intramolecular Hbond substituents is 1. The Morgan fingerprint density at radius 2 is 2.29 bits per heavy atom. The monoisotopic (exact) mass is 257 g/mol. The number of carbonyl (C=O) groups excluding carboxylic acids is 1. The van der Waals surface area contributed by atoms with Crippen molar-refractivity contribution in [2.24, 2.45) is 5.16 Å². The van der Waals surface area contributed by atoms with Gasteiger partial charge < -0.3 is 9.94 Å². The lowest BCUT2D eigenvalue weighted by atomic mass is 10.2. The largest absolute Gasteiger partial charge is 0.507 e. The molecular formula is C9H8BrNO3. The molecule has 5 heteroatoms. The molecule has 0 saturated carbocycles. The van der Waals surface area contributed by atoms with Gasteiger partial charge in [0.05, 0.1) is 6.21 Å². The van der Waals surface area contributed by atoms with Crippen molar-refractivity contribution in [1.29, 1.82) is 0 Å². The van der Waals surface area contributed by atoms with Gasteiger partial charge in [0.2, 0.25) is 0 Å². The van der Waals surface area contributed by atoms with Gasteiger partial charge in [0, 0.05) is 5.56 Å². The third-order valence-electron chi connectivity index (χ3n) is 1.39. The number of para-hydroxylation sites is 1. The molecule has 0 aliphatic rings. The molecule has 0 saturated heterocycles. The molecule has 1 aromatic carbocycles. The average molecular weight is 258 g/mol. The Morgan fingerprint density at radius 3 is 2.93 bits per heavy atom. The van der Waals surface area contributed by atoms with E-state index in [0.29, 0.717) is 5.56 Å². The number of alkyl halides is 1. The number of benzene rings is 1. The fourth-order valence-electron chi connectivity index (χ4n) is 0.763. The molecule has 4 nitrogen and oxygen atoms in total. The van der Waals surface area contributed by atoms with Gasteiger partial charge in [-0.1, -0.05) is 33.2 Å². The first-order valence-corrected chi connectivity index (χ1v) is 4.93. The molecule has 0 bridgehead atoms. The molecule has 1 aromatic rings. The maximum Gasteiger partial charge on any atom is 0.345 e. The summed E-state index contributed by atoms with van der Waals surface area (Å²) in [6, 6.07) is 6.61. The Labute approximate surface area is 89.3 Å². The van der Waals surface area contributed by atoms with Crippen LogP contribution in [0.1, 0.15) is 5.56 Å². The van der Waals surface area contributed by atoms with E-state index in [2.05, 4.69) is 25.9 Å². The summed E-state index contributed by atoms with van der Waals surface area (Å²) in [6.45, 7) is 0. The highest BCUT2D eigenvalue weighted by Gasteiger charge is 1.98. The SMILES string of the molecule is O=C(CBr)O/N=C/c1ccccc1O. The zero-order chi connectivity index (χ0) is 10.4. The van der Waals surface area contributed by atoms with Crippen molar-refractivity contribution in [3.63, 3.8) is 0 Å². The predicted molar refractivity (Wildman–Crippen MR) is 55.6 cm³/mol. The molecule has 1 N–H and O–H groups in total. The van der Waals surface area contributed by atoms with Gasteiger partial charge in [-0.3, -0.25) is 0 Å². The molecule has 0 radical (unpaired) electrons. The van der Waals surface area contributed by atoms with E-state index >= 15 is 0 Å². The standard InChI is InChI=1S/C9H8BrNO3/c10-5-9(13)14-11-6-7-3-1-2-4-8(7)12/h1-4,6,12H,5H2/b11-6+. The second-order valence-corrected chi connectivity index (χ2v) is 2.95. The number of phenols is 1. The van der Waals surface area contributed by atoms with Gasteiger partial charge in [-0.15, -0.1) is 0 Å². The van der Waals surface area contributed by atoms with Crippen molar-refractivity contribution in [1.82, 2.24) is 0 Å². The lowest BCUT2D eigenvalue weighted by Crippen LogP contribution is -2.00. The van der Waals surface area contributed by atoms with Crippen molar-refractivity contribution >= 4 is 28.1 Å². The molecule has 0 aliphatic heterocycles. The highest BCUT2D eigenvalue weighted by molar-refractivity contribution is 9.09. The summed E-state index contributed by atoms with van der Waals surface area (Å²) in [5.41, 5.74) is 0.495. The third-order valence-corrected chi connectivity index (χ3v) is 1.85. The molecule has 1 rings (SSSR count). The highest BCUT2D eigenvalue weighted by Crippen LogP contribution is 2.12. The average Bonchev–Trinajstić information content (AvgIpc) is 2.20. The zero-order valence-electron chi connectivity index (χ0n) is 7.18. The van der Waals surface area contributed by atoms with Crippen LogP contribution in [-0.4, -0.2) is 22.6 Å². The first-order valence-electron chi connectivity index (χ1n) is 3.81. The summed E-state index contributed by atoms with van der Waals surface area (Å²) >= 11 is 2.92. The van der Waals surface area contributed by atoms with Gasteiger partial charge in [-0.25, -0.2) is 4.79 Å². The Hall–Kier alpha value is -1.36. The highest BCUT2D eigenvalue weighted by atomic mass is 79.9. The van der Waals surface area contributed by atoms with E-state index in [1.54, 1.807) is 18.2 Å². The van der Waals surface area contributed by atoms with Crippen LogP contribution < -0.4 is 0 Å². The molecule has 0 heterocycles. The second kappa shape index (κ2) is 5.39. The molecular weight excluding hydrogens is 250 g/mol. The van der Waals surface area contributed by atoms with E-state index in [1.807, 2.05) is 0 Å². The van der Waals surface area contributed by atoms with E-state index < -0.39 is 5.97 Å². The molecule has 14 heavy (non-hydrogen) atoms. The fraction of sp³-hybridized carbons (Fsp3) is 0.111. The summed E-state index contributed by atoms with van der Waals surface area (Å²) in [4.78, 5) is 15.1. The number of oxime groups is 1. The van der Waals surface area contributed by atoms with Crippen LogP contribution in [0.25, 0.3) is 0 Å². The van der Waals surface area contributed by atoms with Gasteiger partial charge in [0.15, 0.2) is 0 Å². The maximum atomic E-state index is 10.6. The Balaban J connectivity index is 2.60. The van der Waals surface area contributed by atoms with E-state index in [9.17, 15) is 9.90 Å². The number of aromatic hydroxyl groups is 1. The number of carbonyl (C=O) groups is 1. The first kappa shape index (κ1) is 10.7. The van der Waals surface area contributed by atoms with Gasteiger partial charge in [0.1, 0.15) is 11.1 Å². The fourth-order valence-corrected chi connectivity index (χ4v) is 0.865. The lowest BCUT2D eigenvalue weighted by Gasteiger charge is -1.96. The Kier molecular flexibility index (Phi) is 4.12. The van der Waals surface area contributed by atoms with Crippen molar-refractivity contribution in [3.8, 4) is 5.75 Å². The number of nitrogens with zero attached hydrogens (tertiary/aromatic N) is 1. The van der Waals surface area contributed by atoms with E-state index in [-0.39, 0.29) is 11.1 Å². The number of hydrogen-bond acceptors (Lipinski definition) is 4. The van der Waals surface area contributed by atoms with Crippen LogP contribution in [0.3, 0.4) is 0 Å². The van der Waals surface area contributed by atoms with Crippen LogP contribution in [0.4, 0.5) is 0 Å². The van der Waals surface area contributed by atoms with Gasteiger partial charge in [-0.2, -0.15) is 0 Å². The van der Waals surface area contributed by atoms with Crippen molar-refractivity contribution in [2.75, 3.05) is 5.33 Å². The minimum Gasteiger partial charge on any atom is -0.507 e. The zero-order valence-corrected chi connectivity index (χ0v) is 8.77. The smallest absolute Gasteiger partial charge is 0.345 e. The molecule has 0 spiro atoms. The summed E-state index contributed by atoms with van der Waals surface area (Å²) in [7, 11) is 0. The van der Waals surface area contributed by atoms with Crippen molar-refractivity contribution in [2.45, 2.75) is 0 Å². The normalized spacial score (nSPS) is 10.4. The van der Waals surface area contributed by atoms with Crippen LogP contribution in [0.2, 0.25) is 0 Å². The molecule has 0 fully saturated rings. The lowest BCUT2D eigenvalue weighted by molar-refractivity contribution is -0.140. The minimum atomic E-state index is -0.489. The van der Waals surface area contributed by atoms with E-state index in [0.717, 1.165) is 0 Å². The van der Waals surface area contributed by atoms with Crippen molar-refractivity contribution in [3.05, 3.63) is 29.8 Å². The number of halogens is 1. The summed E-state index contributed by atoms with van der Waals surface area (Å²) in [5, 5.41) is 12.8. The van der Waals surface area contributed by atoms with E-state index in [4.69, 9.17) is 0 Å². The van der Waals surface area contributed by atoms with Crippen LogP contribution in [-0.2, 0) is 9.63 Å². The number of hydrogen-bond donors (Lipinski definition) is 1. The Bertz CT molecular complexity index is 352. The molecule has 0 amide bonds. The van der Waals surface area contributed by atoms with Crippen LogP contribution in [0, 0.1) is 0 Å². The first-order chi connectivity index (χ1) is 6.74. The van der Waals surface area contributed by atoms with Gasteiger partial charge >= 0.3 is 5.97 Å². The third kappa shape index (κ3) is 3.18. The van der Waals surface area contributed by atoms with Crippen LogP contribution in [0.15, 0.2) is 29.4 Å². The van der Waals surface area contributed by atoms with Crippen LogP contribution in [0.5, 0.6) is 5.75 Å². The maximum absolute atomic E-state index is 10.6. The summed E-state index contributed by atoms with van der Waals surface area (Å²) in [6.07, 6.45) is 1.27. The van der Waals surface area contributed by atoms with Crippen molar-refractivity contribution < 1.29 is 14.7 Å². The number of rotatable bonds is 3. The van der Waals surface area contributed by atoms with E-state index in [1.165, 1.54) is 12.3 Å².